The molecule has 1 fully saturated rings. The number of nitrogens with two attached hydrogens (primary N) is 1. The van der Waals surface area contributed by atoms with Crippen molar-refractivity contribution < 1.29 is 13.2 Å². The molecule has 0 aliphatic carbocycles. The number of rotatable bonds is 4. The Morgan fingerprint density at radius 1 is 1.37 bits per heavy atom. The van der Waals surface area contributed by atoms with Crippen molar-refractivity contribution in [2.24, 2.45) is 5.92 Å². The van der Waals surface area contributed by atoms with Gasteiger partial charge in [0.05, 0.1) is 4.90 Å². The van der Waals surface area contributed by atoms with Gasteiger partial charge in [-0.1, -0.05) is 0 Å². The summed E-state index contributed by atoms with van der Waals surface area (Å²) in [5.74, 6) is 0.344. The summed E-state index contributed by atoms with van der Waals surface area (Å²) < 4.78 is 32.8. The molecule has 7 heteroatoms. The second-order valence-corrected chi connectivity index (χ2v) is 7.21. The van der Waals surface area contributed by atoms with E-state index in [9.17, 15) is 8.42 Å². The smallest absolute Gasteiger partial charge is 0.240 e. The van der Waals surface area contributed by atoms with Crippen molar-refractivity contribution in [1.82, 2.24) is 4.72 Å². The maximum atomic E-state index is 12.1. The van der Waals surface area contributed by atoms with Crippen LogP contribution in [-0.2, 0) is 14.8 Å². The van der Waals surface area contributed by atoms with Crippen molar-refractivity contribution in [1.29, 1.82) is 0 Å². The van der Waals surface area contributed by atoms with Crippen LogP contribution in [0.5, 0.6) is 0 Å². The Morgan fingerprint density at radius 3 is 2.68 bits per heavy atom. The highest BCUT2D eigenvalue weighted by Crippen LogP contribution is 2.23. The summed E-state index contributed by atoms with van der Waals surface area (Å²) in [5.41, 5.74) is 6.11. The molecular weight excluding hydrogens is 332 g/mol. The van der Waals surface area contributed by atoms with Crippen LogP contribution in [0.2, 0.25) is 0 Å². The third-order valence-electron chi connectivity index (χ3n) is 3.18. The summed E-state index contributed by atoms with van der Waals surface area (Å²) in [5, 5.41) is 0. The number of sulfonamides is 1. The molecule has 0 spiro atoms. The van der Waals surface area contributed by atoms with Crippen molar-refractivity contribution in [3.63, 3.8) is 0 Å². The minimum absolute atomic E-state index is 0.195. The Balaban J connectivity index is 2.02. The molecule has 0 bridgehead atoms. The lowest BCUT2D eigenvalue weighted by atomic mass is 10.0. The van der Waals surface area contributed by atoms with Gasteiger partial charge < -0.3 is 10.5 Å². The zero-order chi connectivity index (χ0) is 13.9. The highest BCUT2D eigenvalue weighted by molar-refractivity contribution is 9.10. The van der Waals surface area contributed by atoms with Gasteiger partial charge in [-0.3, -0.25) is 0 Å². The van der Waals surface area contributed by atoms with Gasteiger partial charge in [-0.15, -0.1) is 0 Å². The Bertz CT molecular complexity index is 542. The Kier molecular flexibility index (Phi) is 4.83. The minimum Gasteiger partial charge on any atom is -0.398 e. The summed E-state index contributed by atoms with van der Waals surface area (Å²) in [7, 11) is -3.49. The molecule has 1 aliphatic heterocycles. The first-order valence-electron chi connectivity index (χ1n) is 6.11. The first-order valence-corrected chi connectivity index (χ1v) is 8.39. The number of benzene rings is 1. The van der Waals surface area contributed by atoms with Gasteiger partial charge in [0.1, 0.15) is 0 Å². The zero-order valence-electron chi connectivity index (χ0n) is 10.4. The molecule has 1 heterocycles. The van der Waals surface area contributed by atoms with E-state index in [0.717, 1.165) is 12.8 Å². The van der Waals surface area contributed by atoms with Crippen LogP contribution in [0.15, 0.2) is 27.6 Å². The predicted molar refractivity (Wildman–Crippen MR) is 77.3 cm³/mol. The maximum Gasteiger partial charge on any atom is 0.240 e. The molecule has 2 rings (SSSR count). The average Bonchev–Trinajstić information content (AvgIpc) is 2.41. The number of nitrogens with one attached hydrogen (secondary N) is 1. The van der Waals surface area contributed by atoms with Gasteiger partial charge in [-0.05, 0) is 52.9 Å². The predicted octanol–water partition coefficient (Wildman–Crippen LogP) is 1.74. The van der Waals surface area contributed by atoms with Gasteiger partial charge in [0.2, 0.25) is 10.0 Å². The SMILES string of the molecule is Nc1cc(S(=O)(=O)NCC2CCOCC2)ccc1Br. The highest BCUT2D eigenvalue weighted by atomic mass is 79.9. The molecule has 1 aromatic carbocycles. The van der Waals surface area contributed by atoms with Gasteiger partial charge in [0, 0.05) is 29.9 Å². The summed E-state index contributed by atoms with van der Waals surface area (Å²) in [4.78, 5) is 0.195. The monoisotopic (exact) mass is 348 g/mol. The number of ether oxygens (including phenoxy) is 1. The summed E-state index contributed by atoms with van der Waals surface area (Å²) in [6.45, 7) is 1.86. The molecule has 3 N–H and O–H groups in total. The summed E-state index contributed by atoms with van der Waals surface area (Å²) >= 11 is 3.24. The van der Waals surface area contributed by atoms with Crippen LogP contribution in [0.25, 0.3) is 0 Å². The molecule has 19 heavy (non-hydrogen) atoms. The number of halogens is 1. The Hall–Kier alpha value is -0.630. The summed E-state index contributed by atoms with van der Waals surface area (Å²) in [6, 6.07) is 4.63. The molecule has 106 valence electrons. The highest BCUT2D eigenvalue weighted by Gasteiger charge is 2.19. The lowest BCUT2D eigenvalue weighted by Crippen LogP contribution is -2.32. The lowest BCUT2D eigenvalue weighted by Gasteiger charge is -2.22. The van der Waals surface area contributed by atoms with Crippen LogP contribution in [0.3, 0.4) is 0 Å². The van der Waals surface area contributed by atoms with Crippen LogP contribution < -0.4 is 10.5 Å². The topological polar surface area (TPSA) is 81.4 Å². The van der Waals surface area contributed by atoms with Gasteiger partial charge in [0.25, 0.3) is 0 Å². The summed E-state index contributed by atoms with van der Waals surface area (Å²) in [6.07, 6.45) is 1.79. The fourth-order valence-corrected chi connectivity index (χ4v) is 3.35. The standard InChI is InChI=1S/C12H17BrN2O3S/c13-11-2-1-10(7-12(11)14)19(16,17)15-8-9-3-5-18-6-4-9/h1-2,7,9,15H,3-6,8,14H2. The minimum atomic E-state index is -3.49. The molecule has 1 aromatic rings. The first-order chi connectivity index (χ1) is 8.99. The fraction of sp³-hybridized carbons (Fsp3) is 0.500. The normalized spacial score (nSPS) is 17.5. The molecule has 0 amide bonds. The fourth-order valence-electron chi connectivity index (χ4n) is 1.95. The molecule has 0 radical (unpaired) electrons. The molecule has 1 aliphatic rings. The lowest BCUT2D eigenvalue weighted by molar-refractivity contribution is 0.0678. The number of hydrogen-bond donors (Lipinski definition) is 2. The van der Waals surface area contributed by atoms with Gasteiger partial charge >= 0.3 is 0 Å². The molecule has 0 saturated carbocycles. The molecule has 1 saturated heterocycles. The van der Waals surface area contributed by atoms with Crippen LogP contribution in [-0.4, -0.2) is 28.2 Å². The zero-order valence-corrected chi connectivity index (χ0v) is 12.8. The van der Waals surface area contributed by atoms with Crippen LogP contribution >= 0.6 is 15.9 Å². The molecule has 0 unspecified atom stereocenters. The van der Waals surface area contributed by atoms with E-state index in [-0.39, 0.29) is 4.90 Å². The van der Waals surface area contributed by atoms with E-state index in [1.807, 2.05) is 0 Å². The van der Waals surface area contributed by atoms with Crippen LogP contribution in [0.1, 0.15) is 12.8 Å². The second kappa shape index (κ2) is 6.21. The number of nitrogen functional groups attached to an aromatic ring is 1. The van der Waals surface area contributed by atoms with E-state index in [2.05, 4.69) is 20.7 Å². The molecule has 0 aromatic heterocycles. The van der Waals surface area contributed by atoms with Crippen LogP contribution in [0.4, 0.5) is 5.69 Å². The van der Waals surface area contributed by atoms with Gasteiger partial charge in [0.15, 0.2) is 0 Å². The van der Waals surface area contributed by atoms with E-state index in [1.165, 1.54) is 12.1 Å². The quantitative estimate of drug-likeness (QED) is 0.812. The number of anilines is 1. The van der Waals surface area contributed by atoms with Gasteiger partial charge in [-0.25, -0.2) is 13.1 Å². The van der Waals surface area contributed by atoms with E-state index in [1.54, 1.807) is 6.07 Å². The Labute approximate surface area is 121 Å². The van der Waals surface area contributed by atoms with Crippen molar-refractivity contribution in [3.8, 4) is 0 Å². The van der Waals surface area contributed by atoms with E-state index in [4.69, 9.17) is 10.5 Å². The molecule has 5 nitrogen and oxygen atoms in total. The number of hydrogen-bond acceptors (Lipinski definition) is 4. The third-order valence-corrected chi connectivity index (χ3v) is 5.32. The van der Waals surface area contributed by atoms with Crippen molar-refractivity contribution in [2.75, 3.05) is 25.5 Å². The van der Waals surface area contributed by atoms with Crippen molar-refractivity contribution >= 4 is 31.6 Å². The Morgan fingerprint density at radius 2 is 2.05 bits per heavy atom. The molecular formula is C12H17BrN2O3S. The third kappa shape index (κ3) is 3.92. The molecule has 0 atom stereocenters. The van der Waals surface area contributed by atoms with E-state index in [0.29, 0.717) is 35.8 Å². The largest absolute Gasteiger partial charge is 0.398 e. The second-order valence-electron chi connectivity index (χ2n) is 4.59. The van der Waals surface area contributed by atoms with Crippen LogP contribution in [0, 0.1) is 5.92 Å². The average molecular weight is 349 g/mol. The van der Waals surface area contributed by atoms with Crippen molar-refractivity contribution in [2.45, 2.75) is 17.7 Å². The van der Waals surface area contributed by atoms with E-state index >= 15 is 0 Å². The maximum absolute atomic E-state index is 12.1. The van der Waals surface area contributed by atoms with Crippen molar-refractivity contribution in [3.05, 3.63) is 22.7 Å². The van der Waals surface area contributed by atoms with Gasteiger partial charge in [-0.2, -0.15) is 0 Å². The van der Waals surface area contributed by atoms with E-state index < -0.39 is 10.0 Å². The first kappa shape index (κ1) is 14.8.